The van der Waals surface area contributed by atoms with Crippen molar-refractivity contribution in [3.8, 4) is 0 Å². The summed E-state index contributed by atoms with van der Waals surface area (Å²) in [6.07, 6.45) is 4.68. The zero-order valence-corrected chi connectivity index (χ0v) is 14.6. The van der Waals surface area contributed by atoms with E-state index in [1.165, 1.54) is 0 Å². The Morgan fingerprint density at radius 2 is 1.83 bits per heavy atom. The van der Waals surface area contributed by atoms with E-state index < -0.39 is 6.04 Å². The van der Waals surface area contributed by atoms with Gasteiger partial charge in [-0.05, 0) is 40.5 Å². The Kier molecular flexibility index (Phi) is 5.32. The second-order valence-corrected chi connectivity index (χ2v) is 7.85. The lowest BCUT2D eigenvalue weighted by molar-refractivity contribution is -0.131. The number of hydrogen-bond donors (Lipinski definition) is 2. The first-order valence-electron chi connectivity index (χ1n) is 8.59. The topological polar surface area (TPSA) is 78.5 Å². The van der Waals surface area contributed by atoms with Crippen LogP contribution >= 0.6 is 0 Å². The third-order valence-corrected chi connectivity index (χ3v) is 4.54. The van der Waals surface area contributed by atoms with Crippen LogP contribution in [0.1, 0.15) is 59.8 Å². The van der Waals surface area contributed by atoms with Crippen molar-refractivity contribution < 1.29 is 14.4 Å². The molecule has 2 fully saturated rings. The van der Waals surface area contributed by atoms with E-state index in [1.807, 2.05) is 25.7 Å². The molecule has 6 nitrogen and oxygen atoms in total. The van der Waals surface area contributed by atoms with Crippen LogP contribution < -0.4 is 10.6 Å². The number of hydrogen-bond acceptors (Lipinski definition) is 3. The van der Waals surface area contributed by atoms with Crippen molar-refractivity contribution in [1.82, 2.24) is 15.5 Å². The van der Waals surface area contributed by atoms with Gasteiger partial charge in [-0.3, -0.25) is 14.4 Å². The van der Waals surface area contributed by atoms with Crippen LogP contribution in [0.25, 0.3) is 0 Å². The summed E-state index contributed by atoms with van der Waals surface area (Å²) in [5, 5.41) is 5.59. The number of nitrogens with one attached hydrogen (secondary N) is 2. The number of likely N-dealkylation sites (tertiary alicyclic amines) is 1. The van der Waals surface area contributed by atoms with Crippen LogP contribution in [0.3, 0.4) is 0 Å². The predicted molar refractivity (Wildman–Crippen MR) is 87.6 cm³/mol. The zero-order chi connectivity index (χ0) is 17.2. The Hall–Kier alpha value is -1.59. The van der Waals surface area contributed by atoms with Crippen LogP contribution in [0.4, 0.5) is 0 Å². The van der Waals surface area contributed by atoms with Crippen molar-refractivity contribution in [1.29, 1.82) is 0 Å². The van der Waals surface area contributed by atoms with E-state index in [0.29, 0.717) is 12.6 Å². The summed E-state index contributed by atoms with van der Waals surface area (Å²) in [6.45, 7) is 7.85. The van der Waals surface area contributed by atoms with E-state index >= 15 is 0 Å². The molecule has 1 heterocycles. The van der Waals surface area contributed by atoms with E-state index in [2.05, 4.69) is 10.6 Å². The van der Waals surface area contributed by atoms with Gasteiger partial charge in [0.05, 0.1) is 5.92 Å². The van der Waals surface area contributed by atoms with Gasteiger partial charge in [0.2, 0.25) is 17.7 Å². The minimum Gasteiger partial charge on any atom is -0.350 e. The molecule has 0 aromatic carbocycles. The van der Waals surface area contributed by atoms with Gasteiger partial charge >= 0.3 is 0 Å². The predicted octanol–water partition coefficient (Wildman–Crippen LogP) is 1.20. The maximum atomic E-state index is 12.4. The first kappa shape index (κ1) is 17.8. The number of carbonyl (C=O) groups excluding carboxylic acids is 3. The molecule has 6 heteroatoms. The molecule has 2 rings (SSSR count). The molecule has 1 aliphatic heterocycles. The fourth-order valence-corrected chi connectivity index (χ4v) is 3.35. The van der Waals surface area contributed by atoms with Gasteiger partial charge in [-0.25, -0.2) is 0 Å². The van der Waals surface area contributed by atoms with Gasteiger partial charge in [0, 0.05) is 24.5 Å². The molecule has 2 aliphatic rings. The normalized spacial score (nSPS) is 23.9. The maximum Gasteiger partial charge on any atom is 0.242 e. The molecule has 1 saturated heterocycles. The van der Waals surface area contributed by atoms with Gasteiger partial charge < -0.3 is 15.5 Å². The van der Waals surface area contributed by atoms with Crippen molar-refractivity contribution >= 4 is 17.7 Å². The van der Waals surface area contributed by atoms with Crippen molar-refractivity contribution in [2.75, 3.05) is 6.54 Å². The minimum atomic E-state index is -0.600. The lowest BCUT2D eigenvalue weighted by Crippen LogP contribution is -2.52. The molecule has 0 aromatic heterocycles. The van der Waals surface area contributed by atoms with E-state index in [4.69, 9.17) is 0 Å². The quantitative estimate of drug-likeness (QED) is 0.816. The Labute approximate surface area is 138 Å². The number of nitrogens with zero attached hydrogens (tertiary/aromatic N) is 1. The van der Waals surface area contributed by atoms with Crippen molar-refractivity contribution in [2.24, 2.45) is 5.92 Å². The summed E-state index contributed by atoms with van der Waals surface area (Å²) in [4.78, 5) is 38.4. The molecule has 1 saturated carbocycles. The van der Waals surface area contributed by atoms with Gasteiger partial charge in [-0.15, -0.1) is 0 Å². The molecule has 1 aliphatic carbocycles. The van der Waals surface area contributed by atoms with Gasteiger partial charge in [-0.1, -0.05) is 12.8 Å². The van der Waals surface area contributed by atoms with Crippen molar-refractivity contribution in [2.45, 2.75) is 77.4 Å². The highest BCUT2D eigenvalue weighted by Gasteiger charge is 2.39. The summed E-state index contributed by atoms with van der Waals surface area (Å²) in [6, 6.07) is -0.292. The highest BCUT2D eigenvalue weighted by molar-refractivity contribution is 5.92. The summed E-state index contributed by atoms with van der Waals surface area (Å²) in [7, 11) is 0. The highest BCUT2D eigenvalue weighted by Crippen LogP contribution is 2.29. The monoisotopic (exact) mass is 323 g/mol. The first-order chi connectivity index (χ1) is 10.7. The van der Waals surface area contributed by atoms with E-state index in [-0.39, 0.29) is 35.6 Å². The molecular formula is C17H29N3O3. The summed E-state index contributed by atoms with van der Waals surface area (Å²) < 4.78 is 0. The number of carbonyl (C=O) groups is 3. The summed E-state index contributed by atoms with van der Waals surface area (Å²) in [5.74, 6) is -0.671. The fourth-order valence-electron chi connectivity index (χ4n) is 3.35. The van der Waals surface area contributed by atoms with Crippen LogP contribution in [0, 0.1) is 5.92 Å². The van der Waals surface area contributed by atoms with E-state index in [1.54, 1.807) is 6.92 Å². The molecule has 0 bridgehead atoms. The van der Waals surface area contributed by atoms with Gasteiger partial charge in [0.1, 0.15) is 6.04 Å². The molecule has 0 aromatic rings. The summed E-state index contributed by atoms with van der Waals surface area (Å²) >= 11 is 0. The van der Waals surface area contributed by atoms with Crippen LogP contribution in [-0.2, 0) is 14.4 Å². The molecule has 2 N–H and O–H groups in total. The molecule has 0 radical (unpaired) electrons. The lowest BCUT2D eigenvalue weighted by atomic mass is 10.1. The Balaban J connectivity index is 1.86. The molecule has 3 amide bonds. The van der Waals surface area contributed by atoms with Crippen LogP contribution in [0.5, 0.6) is 0 Å². The SMILES string of the molecule is C[C@H](NC(=O)[C@@H]1CC(=O)N(C2CCCC2)C1)C(=O)NC(C)(C)C. The first-order valence-corrected chi connectivity index (χ1v) is 8.59. The van der Waals surface area contributed by atoms with Crippen molar-refractivity contribution in [3.05, 3.63) is 0 Å². The Bertz CT molecular complexity index is 478. The second kappa shape index (κ2) is 6.89. The van der Waals surface area contributed by atoms with Crippen LogP contribution in [-0.4, -0.2) is 46.8 Å². The van der Waals surface area contributed by atoms with Gasteiger partial charge in [-0.2, -0.15) is 0 Å². The smallest absolute Gasteiger partial charge is 0.242 e. The standard InChI is InChI=1S/C17H29N3O3/c1-11(15(22)19-17(2,3)4)18-16(23)12-9-14(21)20(10-12)13-7-5-6-8-13/h11-13H,5-10H2,1-4H3,(H,18,23)(H,19,22)/t11-,12+/m0/s1. The minimum absolute atomic E-state index is 0.0730. The Morgan fingerprint density at radius 3 is 2.39 bits per heavy atom. The second-order valence-electron chi connectivity index (χ2n) is 7.85. The average molecular weight is 323 g/mol. The number of rotatable bonds is 4. The van der Waals surface area contributed by atoms with Crippen LogP contribution in [0.2, 0.25) is 0 Å². The lowest BCUT2D eigenvalue weighted by Gasteiger charge is -2.25. The van der Waals surface area contributed by atoms with Crippen LogP contribution in [0.15, 0.2) is 0 Å². The molecule has 2 atom stereocenters. The maximum absolute atomic E-state index is 12.4. The molecule has 0 spiro atoms. The fraction of sp³-hybridized carbons (Fsp3) is 0.824. The highest BCUT2D eigenvalue weighted by atomic mass is 16.2. The van der Waals surface area contributed by atoms with E-state index in [9.17, 15) is 14.4 Å². The molecule has 23 heavy (non-hydrogen) atoms. The van der Waals surface area contributed by atoms with Gasteiger partial charge in [0.15, 0.2) is 0 Å². The van der Waals surface area contributed by atoms with Gasteiger partial charge in [0.25, 0.3) is 0 Å². The average Bonchev–Trinajstić information content (AvgIpc) is 3.05. The van der Waals surface area contributed by atoms with E-state index in [0.717, 1.165) is 25.7 Å². The number of amides is 3. The molecule has 0 unspecified atom stereocenters. The third-order valence-electron chi connectivity index (χ3n) is 4.54. The zero-order valence-electron chi connectivity index (χ0n) is 14.6. The molecule has 130 valence electrons. The Morgan fingerprint density at radius 1 is 1.22 bits per heavy atom. The third kappa shape index (κ3) is 4.69. The van der Waals surface area contributed by atoms with Crippen molar-refractivity contribution in [3.63, 3.8) is 0 Å². The summed E-state index contributed by atoms with van der Waals surface area (Å²) in [5.41, 5.74) is -0.335. The largest absolute Gasteiger partial charge is 0.350 e. The molecular weight excluding hydrogens is 294 g/mol.